The highest BCUT2D eigenvalue weighted by Gasteiger charge is 2.18. The Bertz CT molecular complexity index is 1140. The lowest BCUT2D eigenvalue weighted by atomic mass is 10.0. The first-order valence-electron chi connectivity index (χ1n) is 8.27. The maximum absolute atomic E-state index is 9.21. The van der Waals surface area contributed by atoms with Gasteiger partial charge >= 0.3 is 0 Å². The van der Waals surface area contributed by atoms with E-state index in [0.29, 0.717) is 27.1 Å². The lowest BCUT2D eigenvalue weighted by molar-refractivity contribution is 0.282. The minimum atomic E-state index is -0.0132. The molecular formula is C19H14Cl2N6O. The lowest BCUT2D eigenvalue weighted by Gasteiger charge is -2.10. The Labute approximate surface area is 170 Å². The van der Waals surface area contributed by atoms with Crippen molar-refractivity contribution in [1.82, 2.24) is 25.2 Å². The van der Waals surface area contributed by atoms with Gasteiger partial charge in [0.1, 0.15) is 5.82 Å². The summed E-state index contributed by atoms with van der Waals surface area (Å²) in [6.45, 7) is -0.0132. The fraction of sp³-hybridized carbons (Fsp3) is 0.0526. The summed E-state index contributed by atoms with van der Waals surface area (Å²) in [5, 5.41) is 21.8. The molecule has 7 nitrogen and oxygen atoms in total. The van der Waals surface area contributed by atoms with Crippen molar-refractivity contribution >= 4 is 29.0 Å². The number of anilines is 1. The highest BCUT2D eigenvalue weighted by molar-refractivity contribution is 6.43. The summed E-state index contributed by atoms with van der Waals surface area (Å²) >= 11 is 12.4. The van der Waals surface area contributed by atoms with Crippen molar-refractivity contribution in [2.45, 2.75) is 6.61 Å². The molecule has 2 aromatic heterocycles. The van der Waals surface area contributed by atoms with Crippen LogP contribution in [0.3, 0.4) is 0 Å². The minimum absolute atomic E-state index is 0.0132. The van der Waals surface area contributed by atoms with Crippen LogP contribution >= 0.6 is 23.2 Å². The predicted molar refractivity (Wildman–Crippen MR) is 108 cm³/mol. The van der Waals surface area contributed by atoms with Crippen molar-refractivity contribution in [1.29, 1.82) is 0 Å². The smallest absolute Gasteiger partial charge is 0.190 e. The average molecular weight is 413 g/mol. The first-order chi connectivity index (χ1) is 13.6. The zero-order chi connectivity index (χ0) is 19.7. The SMILES string of the molecule is Nc1ncc(-c2ccc(CO)cc2)cc1-c1nnnn1-c1cccc(Cl)c1Cl. The first kappa shape index (κ1) is 18.4. The summed E-state index contributed by atoms with van der Waals surface area (Å²) in [5.74, 6) is 0.674. The van der Waals surface area contributed by atoms with Gasteiger partial charge in [-0.3, -0.25) is 0 Å². The van der Waals surface area contributed by atoms with Crippen molar-refractivity contribution in [2.75, 3.05) is 5.73 Å². The van der Waals surface area contributed by atoms with Gasteiger partial charge in [0.2, 0.25) is 0 Å². The topological polar surface area (TPSA) is 103 Å². The molecule has 9 heteroatoms. The number of hydrogen-bond donors (Lipinski definition) is 2. The molecule has 0 saturated heterocycles. The van der Waals surface area contributed by atoms with Gasteiger partial charge in [-0.05, 0) is 39.8 Å². The number of nitrogen functional groups attached to an aromatic ring is 1. The second kappa shape index (κ2) is 7.55. The number of aliphatic hydroxyl groups is 1. The van der Waals surface area contributed by atoms with E-state index in [1.807, 2.05) is 30.3 Å². The van der Waals surface area contributed by atoms with E-state index in [1.165, 1.54) is 4.68 Å². The lowest BCUT2D eigenvalue weighted by Crippen LogP contribution is -2.04. The zero-order valence-corrected chi connectivity index (χ0v) is 15.9. The predicted octanol–water partition coefficient (Wildman–Crippen LogP) is 3.77. The molecule has 0 unspecified atom stereocenters. The average Bonchev–Trinajstić information content (AvgIpc) is 3.20. The molecule has 0 aliphatic carbocycles. The maximum atomic E-state index is 9.21. The molecule has 140 valence electrons. The molecule has 0 amide bonds. The molecule has 0 atom stereocenters. The van der Waals surface area contributed by atoms with Crippen molar-refractivity contribution in [3.63, 3.8) is 0 Å². The van der Waals surface area contributed by atoms with Gasteiger partial charge in [0.25, 0.3) is 0 Å². The van der Waals surface area contributed by atoms with E-state index >= 15 is 0 Å². The van der Waals surface area contributed by atoms with Crippen molar-refractivity contribution in [3.8, 4) is 28.2 Å². The molecule has 28 heavy (non-hydrogen) atoms. The van der Waals surface area contributed by atoms with Crippen LogP contribution in [0.2, 0.25) is 10.0 Å². The molecule has 0 fully saturated rings. The van der Waals surface area contributed by atoms with Gasteiger partial charge in [0.05, 0.1) is 27.9 Å². The molecule has 0 bridgehead atoms. The standard InChI is InChI=1S/C19H14Cl2N6O/c20-15-2-1-3-16(17(15)21)27-19(24-25-26-27)14-8-13(9-23-18(14)22)12-6-4-11(10-28)5-7-12/h1-9,28H,10H2,(H2,22,23). The van der Waals surface area contributed by atoms with Crippen LogP contribution in [-0.4, -0.2) is 30.3 Å². The fourth-order valence-electron chi connectivity index (χ4n) is 2.79. The summed E-state index contributed by atoms with van der Waals surface area (Å²) in [6, 6.07) is 14.6. The van der Waals surface area contributed by atoms with Crippen LogP contribution in [-0.2, 0) is 6.61 Å². The summed E-state index contributed by atoms with van der Waals surface area (Å²) in [4.78, 5) is 4.29. The van der Waals surface area contributed by atoms with E-state index < -0.39 is 0 Å². The number of aliphatic hydroxyl groups excluding tert-OH is 1. The van der Waals surface area contributed by atoms with E-state index in [9.17, 15) is 5.11 Å². The third-order valence-corrected chi connectivity index (χ3v) is 5.07. The van der Waals surface area contributed by atoms with Gasteiger partial charge in [-0.15, -0.1) is 5.10 Å². The number of rotatable bonds is 4. The quantitative estimate of drug-likeness (QED) is 0.528. The molecule has 0 radical (unpaired) electrons. The Kier molecular flexibility index (Phi) is 4.95. The molecule has 4 rings (SSSR count). The summed E-state index contributed by atoms with van der Waals surface area (Å²) in [6.07, 6.45) is 1.67. The maximum Gasteiger partial charge on any atom is 0.190 e. The summed E-state index contributed by atoms with van der Waals surface area (Å²) in [7, 11) is 0. The highest BCUT2D eigenvalue weighted by atomic mass is 35.5. The van der Waals surface area contributed by atoms with Crippen molar-refractivity contribution < 1.29 is 5.11 Å². The first-order valence-corrected chi connectivity index (χ1v) is 9.03. The molecule has 2 heterocycles. The molecule has 0 saturated carbocycles. The Hall–Kier alpha value is -3.00. The van der Waals surface area contributed by atoms with E-state index in [2.05, 4.69) is 20.5 Å². The Morgan fingerprint density at radius 3 is 2.57 bits per heavy atom. The highest BCUT2D eigenvalue weighted by Crippen LogP contribution is 2.33. The molecule has 0 aliphatic rings. The molecule has 4 aromatic rings. The van der Waals surface area contributed by atoms with Crippen LogP contribution in [0.15, 0.2) is 54.7 Å². The second-order valence-corrected chi connectivity index (χ2v) is 6.78. The second-order valence-electron chi connectivity index (χ2n) is 6.00. The molecule has 2 aromatic carbocycles. The van der Waals surface area contributed by atoms with E-state index in [0.717, 1.165) is 16.7 Å². The van der Waals surface area contributed by atoms with Gasteiger partial charge in [-0.2, -0.15) is 4.68 Å². The Morgan fingerprint density at radius 2 is 1.82 bits per heavy atom. The van der Waals surface area contributed by atoms with E-state index in [4.69, 9.17) is 28.9 Å². The third kappa shape index (κ3) is 3.31. The van der Waals surface area contributed by atoms with Crippen molar-refractivity contribution in [2.24, 2.45) is 0 Å². The van der Waals surface area contributed by atoms with Crippen LogP contribution in [0.25, 0.3) is 28.2 Å². The van der Waals surface area contributed by atoms with Crippen molar-refractivity contribution in [3.05, 3.63) is 70.3 Å². The monoisotopic (exact) mass is 412 g/mol. The number of pyridine rings is 1. The fourth-order valence-corrected chi connectivity index (χ4v) is 3.16. The molecule has 0 aliphatic heterocycles. The number of aromatic nitrogens is 5. The number of hydrogen-bond acceptors (Lipinski definition) is 6. The van der Waals surface area contributed by atoms with Gasteiger partial charge in [0, 0.05) is 11.8 Å². The van der Waals surface area contributed by atoms with E-state index in [1.54, 1.807) is 24.4 Å². The summed E-state index contributed by atoms with van der Waals surface area (Å²) in [5.41, 5.74) is 9.78. The zero-order valence-electron chi connectivity index (χ0n) is 14.4. The van der Waals surface area contributed by atoms with Crippen LogP contribution in [0.1, 0.15) is 5.56 Å². The van der Waals surface area contributed by atoms with Crippen LogP contribution in [0.5, 0.6) is 0 Å². The molecule has 0 spiro atoms. The number of tetrazole rings is 1. The van der Waals surface area contributed by atoms with Gasteiger partial charge in [-0.25, -0.2) is 4.98 Å². The number of nitrogens with zero attached hydrogens (tertiary/aromatic N) is 5. The third-order valence-electron chi connectivity index (χ3n) is 4.26. The Morgan fingerprint density at radius 1 is 1.04 bits per heavy atom. The van der Waals surface area contributed by atoms with Gasteiger partial charge < -0.3 is 10.8 Å². The molecular weight excluding hydrogens is 399 g/mol. The molecule has 3 N–H and O–H groups in total. The van der Waals surface area contributed by atoms with Crippen LogP contribution in [0, 0.1) is 0 Å². The van der Waals surface area contributed by atoms with Crippen LogP contribution in [0.4, 0.5) is 5.82 Å². The number of nitrogens with two attached hydrogens (primary N) is 1. The largest absolute Gasteiger partial charge is 0.392 e. The number of halogens is 2. The van der Waals surface area contributed by atoms with Gasteiger partial charge in [0.15, 0.2) is 5.82 Å². The Balaban J connectivity index is 1.82. The van der Waals surface area contributed by atoms with Crippen LogP contribution < -0.4 is 5.73 Å². The summed E-state index contributed by atoms with van der Waals surface area (Å²) < 4.78 is 1.47. The van der Waals surface area contributed by atoms with E-state index in [-0.39, 0.29) is 12.4 Å². The number of benzene rings is 2. The van der Waals surface area contributed by atoms with Gasteiger partial charge in [-0.1, -0.05) is 53.5 Å². The normalized spacial score (nSPS) is 11.0. The minimum Gasteiger partial charge on any atom is -0.392 e.